The summed E-state index contributed by atoms with van der Waals surface area (Å²) >= 11 is 0. The molecule has 0 aromatic carbocycles. The van der Waals surface area contributed by atoms with Crippen molar-refractivity contribution in [2.75, 3.05) is 7.05 Å². The number of guanidine groups is 1. The SMILES string of the molecule is CCc1noc(CC)c1CNC(=NC)NCc1ccc(OC(C)C)nc1. The van der Waals surface area contributed by atoms with Crippen LogP contribution in [0.5, 0.6) is 5.88 Å². The zero-order chi connectivity index (χ0) is 18.9. The van der Waals surface area contributed by atoms with Gasteiger partial charge in [0.2, 0.25) is 5.88 Å². The predicted octanol–water partition coefficient (Wildman–Crippen LogP) is 2.85. The van der Waals surface area contributed by atoms with Gasteiger partial charge in [0, 0.05) is 44.4 Å². The van der Waals surface area contributed by atoms with Gasteiger partial charge in [0.05, 0.1) is 11.8 Å². The van der Waals surface area contributed by atoms with Crippen LogP contribution in [0, 0.1) is 0 Å². The number of rotatable bonds is 8. The van der Waals surface area contributed by atoms with E-state index in [0.29, 0.717) is 19.0 Å². The van der Waals surface area contributed by atoms with E-state index < -0.39 is 0 Å². The Morgan fingerprint density at radius 1 is 1.19 bits per heavy atom. The van der Waals surface area contributed by atoms with Crippen LogP contribution in [0.1, 0.15) is 50.3 Å². The van der Waals surface area contributed by atoms with Gasteiger partial charge in [0.1, 0.15) is 5.76 Å². The van der Waals surface area contributed by atoms with E-state index in [1.807, 2.05) is 32.2 Å². The van der Waals surface area contributed by atoms with Gasteiger partial charge in [0.25, 0.3) is 0 Å². The van der Waals surface area contributed by atoms with Crippen LogP contribution in [0.15, 0.2) is 27.8 Å². The number of hydrogen-bond donors (Lipinski definition) is 2. The lowest BCUT2D eigenvalue weighted by Gasteiger charge is -2.13. The van der Waals surface area contributed by atoms with Crippen LogP contribution in [-0.4, -0.2) is 29.3 Å². The van der Waals surface area contributed by atoms with Crippen LogP contribution < -0.4 is 15.4 Å². The van der Waals surface area contributed by atoms with Gasteiger partial charge in [0.15, 0.2) is 5.96 Å². The van der Waals surface area contributed by atoms with E-state index in [-0.39, 0.29) is 6.10 Å². The van der Waals surface area contributed by atoms with E-state index in [1.165, 1.54) is 0 Å². The molecule has 0 saturated heterocycles. The van der Waals surface area contributed by atoms with Gasteiger partial charge in [-0.3, -0.25) is 4.99 Å². The van der Waals surface area contributed by atoms with Crippen LogP contribution in [-0.2, 0) is 25.9 Å². The van der Waals surface area contributed by atoms with E-state index in [2.05, 4.69) is 39.6 Å². The lowest BCUT2D eigenvalue weighted by Crippen LogP contribution is -2.36. The molecule has 2 heterocycles. The predicted molar refractivity (Wildman–Crippen MR) is 102 cm³/mol. The first-order valence-electron chi connectivity index (χ1n) is 9.09. The average molecular weight is 359 g/mol. The Balaban J connectivity index is 1.89. The smallest absolute Gasteiger partial charge is 0.213 e. The molecule has 2 N–H and O–H groups in total. The van der Waals surface area contributed by atoms with E-state index in [1.54, 1.807) is 7.05 Å². The molecule has 0 spiro atoms. The highest BCUT2D eigenvalue weighted by Gasteiger charge is 2.13. The third kappa shape index (κ3) is 5.47. The molecule has 0 saturated carbocycles. The third-order valence-electron chi connectivity index (χ3n) is 3.88. The van der Waals surface area contributed by atoms with Gasteiger partial charge >= 0.3 is 0 Å². The number of aromatic nitrogens is 2. The minimum Gasteiger partial charge on any atom is -0.475 e. The minimum atomic E-state index is 0.118. The molecule has 142 valence electrons. The summed E-state index contributed by atoms with van der Waals surface area (Å²) < 4.78 is 11.0. The quantitative estimate of drug-likeness (QED) is 0.557. The number of aryl methyl sites for hydroxylation is 2. The fourth-order valence-electron chi connectivity index (χ4n) is 2.54. The van der Waals surface area contributed by atoms with Crippen LogP contribution in [0.4, 0.5) is 0 Å². The molecule has 7 nitrogen and oxygen atoms in total. The summed E-state index contributed by atoms with van der Waals surface area (Å²) in [5.41, 5.74) is 3.17. The molecule has 0 bridgehead atoms. The Kier molecular flexibility index (Phi) is 7.44. The Morgan fingerprint density at radius 3 is 2.54 bits per heavy atom. The Hall–Kier alpha value is -2.57. The Labute approximate surface area is 155 Å². The van der Waals surface area contributed by atoms with Gasteiger partial charge in [-0.05, 0) is 25.8 Å². The highest BCUT2D eigenvalue weighted by molar-refractivity contribution is 5.79. The van der Waals surface area contributed by atoms with Crippen molar-refractivity contribution in [2.45, 2.75) is 59.7 Å². The molecule has 7 heteroatoms. The molecule has 0 aliphatic rings. The highest BCUT2D eigenvalue weighted by Crippen LogP contribution is 2.15. The molecule has 0 amide bonds. The van der Waals surface area contributed by atoms with Crippen molar-refractivity contribution in [3.05, 3.63) is 40.9 Å². The summed E-state index contributed by atoms with van der Waals surface area (Å²) in [6.45, 7) is 9.37. The number of hydrogen-bond acceptors (Lipinski definition) is 5. The second kappa shape index (κ2) is 9.79. The lowest BCUT2D eigenvalue weighted by molar-refractivity contribution is 0.232. The van der Waals surface area contributed by atoms with E-state index in [4.69, 9.17) is 9.26 Å². The number of nitrogens with zero attached hydrogens (tertiary/aromatic N) is 3. The van der Waals surface area contributed by atoms with Gasteiger partial charge in [-0.15, -0.1) is 0 Å². The van der Waals surface area contributed by atoms with Gasteiger partial charge in [-0.1, -0.05) is 25.1 Å². The minimum absolute atomic E-state index is 0.118. The number of nitrogens with one attached hydrogen (secondary N) is 2. The fourth-order valence-corrected chi connectivity index (χ4v) is 2.54. The van der Waals surface area contributed by atoms with Crippen molar-refractivity contribution in [1.82, 2.24) is 20.8 Å². The summed E-state index contributed by atoms with van der Waals surface area (Å²) in [6, 6.07) is 3.88. The fraction of sp³-hybridized carbons (Fsp3) is 0.526. The first-order chi connectivity index (χ1) is 12.6. The summed E-state index contributed by atoms with van der Waals surface area (Å²) in [4.78, 5) is 8.58. The van der Waals surface area contributed by atoms with Crippen LogP contribution in [0.2, 0.25) is 0 Å². The molecule has 26 heavy (non-hydrogen) atoms. The Bertz CT molecular complexity index is 686. The van der Waals surface area contributed by atoms with Gasteiger partial charge < -0.3 is 19.9 Å². The van der Waals surface area contributed by atoms with Crippen molar-refractivity contribution < 1.29 is 9.26 Å². The second-order valence-corrected chi connectivity index (χ2v) is 6.19. The van der Waals surface area contributed by atoms with E-state index >= 15 is 0 Å². The maximum atomic E-state index is 5.56. The monoisotopic (exact) mass is 359 g/mol. The molecule has 0 radical (unpaired) electrons. The first-order valence-corrected chi connectivity index (χ1v) is 9.09. The molecule has 0 fully saturated rings. The molecule has 0 aliphatic heterocycles. The highest BCUT2D eigenvalue weighted by atomic mass is 16.5. The van der Waals surface area contributed by atoms with Gasteiger partial charge in [-0.2, -0.15) is 0 Å². The number of pyridine rings is 1. The summed E-state index contributed by atoms with van der Waals surface area (Å²) in [5, 5.41) is 10.7. The summed E-state index contributed by atoms with van der Waals surface area (Å²) in [7, 11) is 1.75. The third-order valence-corrected chi connectivity index (χ3v) is 3.88. The maximum Gasteiger partial charge on any atom is 0.213 e. The van der Waals surface area contributed by atoms with Gasteiger partial charge in [-0.25, -0.2) is 4.98 Å². The number of aliphatic imine (C=N–C) groups is 1. The van der Waals surface area contributed by atoms with Crippen LogP contribution >= 0.6 is 0 Å². The van der Waals surface area contributed by atoms with Crippen LogP contribution in [0.3, 0.4) is 0 Å². The maximum absolute atomic E-state index is 5.56. The largest absolute Gasteiger partial charge is 0.475 e. The van der Waals surface area contributed by atoms with Crippen LogP contribution in [0.25, 0.3) is 0 Å². The summed E-state index contributed by atoms with van der Waals surface area (Å²) in [5.74, 6) is 2.28. The normalized spacial score (nSPS) is 11.7. The molecular formula is C19H29N5O2. The van der Waals surface area contributed by atoms with Crippen molar-refractivity contribution >= 4 is 5.96 Å². The molecule has 0 atom stereocenters. The molecule has 2 aromatic heterocycles. The van der Waals surface area contributed by atoms with Crippen molar-refractivity contribution in [1.29, 1.82) is 0 Å². The lowest BCUT2D eigenvalue weighted by atomic mass is 10.1. The van der Waals surface area contributed by atoms with Crippen molar-refractivity contribution in [3.63, 3.8) is 0 Å². The standard InChI is InChI=1S/C19H29N5O2/c1-6-16-15(17(7-2)26-24-16)12-23-19(20-5)22-11-14-8-9-18(21-10-14)25-13(3)4/h8-10,13H,6-7,11-12H2,1-5H3,(H2,20,22,23). The Morgan fingerprint density at radius 2 is 1.96 bits per heavy atom. The average Bonchev–Trinajstić information content (AvgIpc) is 3.04. The van der Waals surface area contributed by atoms with E-state index in [9.17, 15) is 0 Å². The number of ether oxygens (including phenoxy) is 1. The summed E-state index contributed by atoms with van der Waals surface area (Å²) in [6.07, 6.45) is 3.60. The molecule has 2 rings (SSSR count). The zero-order valence-electron chi connectivity index (χ0n) is 16.3. The van der Waals surface area contributed by atoms with E-state index in [0.717, 1.165) is 41.4 Å². The molecule has 0 aliphatic carbocycles. The van der Waals surface area contributed by atoms with Crippen molar-refractivity contribution in [3.8, 4) is 5.88 Å². The molecule has 2 aromatic rings. The molecule has 0 unspecified atom stereocenters. The second-order valence-electron chi connectivity index (χ2n) is 6.19. The zero-order valence-corrected chi connectivity index (χ0v) is 16.3. The topological polar surface area (TPSA) is 84.6 Å². The molecular weight excluding hydrogens is 330 g/mol. The van der Waals surface area contributed by atoms with Crippen molar-refractivity contribution in [2.24, 2.45) is 4.99 Å². The first kappa shape index (κ1) is 19.8.